The monoisotopic (exact) mass is 374 g/mol. The molecule has 2 aliphatic rings. The maximum Gasteiger partial charge on any atom is 0.110 e. The zero-order chi connectivity index (χ0) is 18.2. The van der Waals surface area contributed by atoms with Crippen molar-refractivity contribution in [2.45, 2.75) is 22.7 Å². The standard InChI is InChI=1S/C22H22N4S/c23-17-11-13-25(15-17)18-8-4-5-9-19(18)26-20-10-12-24-14-21(20)27-22(26)16-6-2-1-3-7-16/h1-10,12,14,17,22H,11,13,15,23H2/t17?,22-/m0/s1. The molecular formula is C22H22N4S. The fraction of sp³-hybridized carbons (Fsp3) is 0.227. The summed E-state index contributed by atoms with van der Waals surface area (Å²) in [6.45, 7) is 1.93. The first-order valence-corrected chi connectivity index (χ1v) is 10.2. The predicted molar refractivity (Wildman–Crippen MR) is 113 cm³/mol. The minimum atomic E-state index is 0.197. The van der Waals surface area contributed by atoms with E-state index in [1.165, 1.54) is 27.5 Å². The molecule has 4 nitrogen and oxygen atoms in total. The van der Waals surface area contributed by atoms with Gasteiger partial charge in [0.05, 0.1) is 22.0 Å². The quantitative estimate of drug-likeness (QED) is 0.728. The molecule has 5 heteroatoms. The summed E-state index contributed by atoms with van der Waals surface area (Å²) in [4.78, 5) is 10.4. The van der Waals surface area contributed by atoms with Gasteiger partial charge in [-0.1, -0.05) is 54.2 Å². The van der Waals surface area contributed by atoms with Crippen molar-refractivity contribution in [1.29, 1.82) is 0 Å². The zero-order valence-corrected chi connectivity index (χ0v) is 15.8. The third-order valence-electron chi connectivity index (χ3n) is 5.29. The number of benzene rings is 2. The maximum atomic E-state index is 6.19. The lowest BCUT2D eigenvalue weighted by atomic mass is 10.1. The van der Waals surface area contributed by atoms with E-state index in [1.54, 1.807) is 0 Å². The van der Waals surface area contributed by atoms with Gasteiger partial charge in [0.25, 0.3) is 0 Å². The predicted octanol–water partition coefficient (Wildman–Crippen LogP) is 4.56. The van der Waals surface area contributed by atoms with Crippen molar-refractivity contribution in [3.63, 3.8) is 0 Å². The lowest BCUT2D eigenvalue weighted by Gasteiger charge is -2.32. The first-order chi connectivity index (χ1) is 13.3. The van der Waals surface area contributed by atoms with Gasteiger partial charge in [0.15, 0.2) is 0 Å². The third kappa shape index (κ3) is 2.97. The summed E-state index contributed by atoms with van der Waals surface area (Å²) < 4.78 is 0. The number of rotatable bonds is 3. The minimum Gasteiger partial charge on any atom is -0.368 e. The van der Waals surface area contributed by atoms with Crippen LogP contribution in [0.15, 0.2) is 78.0 Å². The average Bonchev–Trinajstić information content (AvgIpc) is 3.32. The number of pyridine rings is 1. The second-order valence-electron chi connectivity index (χ2n) is 7.08. The van der Waals surface area contributed by atoms with Crippen LogP contribution in [0.2, 0.25) is 0 Å². The lowest BCUT2D eigenvalue weighted by Crippen LogP contribution is -2.28. The molecule has 3 aromatic rings. The van der Waals surface area contributed by atoms with Gasteiger partial charge in [-0.15, -0.1) is 0 Å². The van der Waals surface area contributed by atoms with E-state index in [4.69, 9.17) is 5.73 Å². The fourth-order valence-electron chi connectivity index (χ4n) is 3.99. The van der Waals surface area contributed by atoms with Crippen molar-refractivity contribution in [2.24, 2.45) is 5.73 Å². The third-order valence-corrected chi connectivity index (χ3v) is 6.56. The molecule has 0 amide bonds. The first kappa shape index (κ1) is 16.7. The SMILES string of the molecule is NC1CCN(c2ccccc2N2c3ccncc3S[C@H]2c2ccccc2)C1. The number of nitrogens with two attached hydrogens (primary N) is 1. The Morgan fingerprint density at radius 2 is 1.70 bits per heavy atom. The van der Waals surface area contributed by atoms with Crippen molar-refractivity contribution in [1.82, 2.24) is 4.98 Å². The summed E-state index contributed by atoms with van der Waals surface area (Å²) in [5.41, 5.74) is 11.2. The van der Waals surface area contributed by atoms with Crippen LogP contribution >= 0.6 is 11.8 Å². The number of para-hydroxylation sites is 2. The molecule has 1 aromatic heterocycles. The van der Waals surface area contributed by atoms with Gasteiger partial charge in [0.2, 0.25) is 0 Å². The molecule has 0 saturated carbocycles. The second-order valence-corrected chi connectivity index (χ2v) is 8.20. The zero-order valence-electron chi connectivity index (χ0n) is 15.0. The molecule has 2 atom stereocenters. The summed E-state index contributed by atoms with van der Waals surface area (Å²) in [7, 11) is 0. The van der Waals surface area contributed by atoms with Gasteiger partial charge in [0.1, 0.15) is 5.37 Å². The minimum absolute atomic E-state index is 0.197. The van der Waals surface area contributed by atoms with Gasteiger partial charge in [-0.05, 0) is 30.2 Å². The number of aromatic nitrogens is 1. The highest BCUT2D eigenvalue weighted by atomic mass is 32.2. The molecule has 5 rings (SSSR count). The van der Waals surface area contributed by atoms with Crippen LogP contribution in [0.4, 0.5) is 17.1 Å². The molecule has 0 spiro atoms. The van der Waals surface area contributed by atoms with E-state index in [0.29, 0.717) is 0 Å². The summed E-state index contributed by atoms with van der Waals surface area (Å²) in [5.74, 6) is 0. The van der Waals surface area contributed by atoms with Crippen LogP contribution in [0.25, 0.3) is 0 Å². The molecule has 136 valence electrons. The Hall–Kier alpha value is -2.50. The van der Waals surface area contributed by atoms with Gasteiger partial charge < -0.3 is 15.5 Å². The Balaban J connectivity index is 1.63. The van der Waals surface area contributed by atoms with E-state index in [2.05, 4.69) is 75.4 Å². The number of hydrogen-bond donors (Lipinski definition) is 1. The summed E-state index contributed by atoms with van der Waals surface area (Å²) in [6.07, 6.45) is 4.91. The lowest BCUT2D eigenvalue weighted by molar-refractivity contribution is 0.752. The second kappa shape index (κ2) is 6.91. The van der Waals surface area contributed by atoms with Gasteiger partial charge in [0, 0.05) is 31.5 Å². The van der Waals surface area contributed by atoms with Crippen LogP contribution in [-0.4, -0.2) is 24.1 Å². The molecule has 2 aromatic carbocycles. The smallest absolute Gasteiger partial charge is 0.110 e. The maximum absolute atomic E-state index is 6.19. The first-order valence-electron chi connectivity index (χ1n) is 9.35. The highest BCUT2D eigenvalue weighted by Crippen LogP contribution is 2.55. The number of thioether (sulfide) groups is 1. The van der Waals surface area contributed by atoms with Crippen molar-refractivity contribution in [3.05, 3.63) is 78.6 Å². The van der Waals surface area contributed by atoms with E-state index < -0.39 is 0 Å². The Kier molecular flexibility index (Phi) is 4.26. The molecule has 0 radical (unpaired) electrons. The Morgan fingerprint density at radius 3 is 2.48 bits per heavy atom. The van der Waals surface area contributed by atoms with Crippen molar-refractivity contribution in [3.8, 4) is 0 Å². The van der Waals surface area contributed by atoms with Crippen molar-refractivity contribution in [2.75, 3.05) is 22.9 Å². The van der Waals surface area contributed by atoms with Crippen molar-refractivity contribution >= 4 is 28.8 Å². The van der Waals surface area contributed by atoms with Gasteiger partial charge in [-0.3, -0.25) is 4.98 Å². The summed E-state index contributed by atoms with van der Waals surface area (Å²) in [6, 6.07) is 21.8. The topological polar surface area (TPSA) is 45.4 Å². The highest BCUT2D eigenvalue weighted by Gasteiger charge is 2.35. The largest absolute Gasteiger partial charge is 0.368 e. The molecule has 3 heterocycles. The molecule has 2 aliphatic heterocycles. The van der Waals surface area contributed by atoms with E-state index in [0.717, 1.165) is 19.5 Å². The van der Waals surface area contributed by atoms with Gasteiger partial charge in [-0.25, -0.2) is 0 Å². The molecule has 0 aliphatic carbocycles. The van der Waals surface area contributed by atoms with Crippen LogP contribution in [-0.2, 0) is 0 Å². The van der Waals surface area contributed by atoms with Crippen LogP contribution in [0.5, 0.6) is 0 Å². The molecule has 27 heavy (non-hydrogen) atoms. The number of nitrogens with zero attached hydrogens (tertiary/aromatic N) is 3. The van der Waals surface area contributed by atoms with Crippen LogP contribution in [0, 0.1) is 0 Å². The van der Waals surface area contributed by atoms with E-state index >= 15 is 0 Å². The van der Waals surface area contributed by atoms with E-state index in [-0.39, 0.29) is 11.4 Å². The molecule has 0 bridgehead atoms. The normalized spacial score (nSPS) is 21.5. The van der Waals surface area contributed by atoms with Crippen molar-refractivity contribution < 1.29 is 0 Å². The average molecular weight is 375 g/mol. The molecule has 1 unspecified atom stereocenters. The van der Waals surface area contributed by atoms with Crippen LogP contribution < -0.4 is 15.5 Å². The summed E-state index contributed by atoms with van der Waals surface area (Å²) in [5, 5.41) is 0.197. The highest BCUT2D eigenvalue weighted by molar-refractivity contribution is 8.00. The number of anilines is 3. The van der Waals surface area contributed by atoms with E-state index in [1.807, 2.05) is 24.2 Å². The van der Waals surface area contributed by atoms with E-state index in [9.17, 15) is 0 Å². The van der Waals surface area contributed by atoms with Crippen LogP contribution in [0.1, 0.15) is 17.4 Å². The molecule has 1 fully saturated rings. The van der Waals surface area contributed by atoms with Gasteiger partial charge in [-0.2, -0.15) is 0 Å². The number of hydrogen-bond acceptors (Lipinski definition) is 5. The summed E-state index contributed by atoms with van der Waals surface area (Å²) >= 11 is 1.86. The Labute approximate surface area is 164 Å². The Bertz CT molecular complexity index is 946. The van der Waals surface area contributed by atoms with Gasteiger partial charge >= 0.3 is 0 Å². The number of fused-ring (bicyclic) bond motifs is 1. The molecule has 2 N–H and O–H groups in total. The van der Waals surface area contributed by atoms with Crippen LogP contribution in [0.3, 0.4) is 0 Å². The molecular weight excluding hydrogens is 352 g/mol. The fourth-order valence-corrected chi connectivity index (χ4v) is 5.27. The molecule has 1 saturated heterocycles. The Morgan fingerprint density at radius 1 is 0.926 bits per heavy atom.